The quantitative estimate of drug-likeness (QED) is 0.191. The molecule has 0 radical (unpaired) electrons. The standard InChI is InChI=1S/C22H22ClN3O6/c1-3-31-20(29)22(21(30)32-4-2,24-18(27)14-23)26-25-17-13-9-8-12-16(17)19(28)15-10-6-5-7-11-15/h5-13H,3-4,14H2,1-2H3,(H,24,27). The van der Waals surface area contributed by atoms with E-state index in [0.29, 0.717) is 5.56 Å². The van der Waals surface area contributed by atoms with Crippen LogP contribution in [0.1, 0.15) is 29.8 Å². The lowest BCUT2D eigenvalue weighted by atomic mass is 10.0. The number of hydrogen-bond acceptors (Lipinski definition) is 8. The maximum absolute atomic E-state index is 12.9. The first kappa shape index (κ1) is 24.7. The Hall–Kier alpha value is -3.59. The second-order valence-corrected chi connectivity index (χ2v) is 6.51. The number of nitrogens with zero attached hydrogens (tertiary/aromatic N) is 2. The van der Waals surface area contributed by atoms with Gasteiger partial charge in [0.1, 0.15) is 5.88 Å². The van der Waals surface area contributed by atoms with Crippen LogP contribution in [0.4, 0.5) is 5.69 Å². The summed E-state index contributed by atoms with van der Waals surface area (Å²) in [4.78, 5) is 50.3. The number of azo groups is 1. The second-order valence-electron chi connectivity index (χ2n) is 6.25. The van der Waals surface area contributed by atoms with Gasteiger partial charge in [0.25, 0.3) is 0 Å². The molecular formula is C22H22ClN3O6. The molecule has 0 fully saturated rings. The van der Waals surface area contributed by atoms with Gasteiger partial charge in [-0.3, -0.25) is 9.59 Å². The van der Waals surface area contributed by atoms with Gasteiger partial charge in [-0.25, -0.2) is 9.59 Å². The molecule has 0 spiro atoms. The number of carbonyl (C=O) groups excluding carboxylic acids is 4. The molecule has 2 aromatic carbocycles. The maximum Gasteiger partial charge on any atom is 0.369 e. The molecule has 168 valence electrons. The predicted octanol–water partition coefficient (Wildman–Crippen LogP) is 3.18. The van der Waals surface area contributed by atoms with E-state index in [1.54, 1.807) is 42.5 Å². The summed E-state index contributed by atoms with van der Waals surface area (Å²) in [5, 5.41) is 9.92. The van der Waals surface area contributed by atoms with Gasteiger partial charge in [0, 0.05) is 5.56 Å². The fourth-order valence-electron chi connectivity index (χ4n) is 2.63. The largest absolute Gasteiger partial charge is 0.462 e. The van der Waals surface area contributed by atoms with Crippen molar-refractivity contribution in [3.8, 4) is 0 Å². The Kier molecular flexibility index (Phi) is 9.03. The number of esters is 2. The fourth-order valence-corrected chi connectivity index (χ4v) is 2.69. The molecular weight excluding hydrogens is 438 g/mol. The predicted molar refractivity (Wildman–Crippen MR) is 116 cm³/mol. The average molecular weight is 460 g/mol. The molecule has 0 heterocycles. The van der Waals surface area contributed by atoms with Crippen LogP contribution < -0.4 is 5.32 Å². The molecule has 0 aliphatic rings. The van der Waals surface area contributed by atoms with E-state index < -0.39 is 29.4 Å². The van der Waals surface area contributed by atoms with Crippen molar-refractivity contribution < 1.29 is 28.7 Å². The van der Waals surface area contributed by atoms with Crippen LogP contribution in [0, 0.1) is 0 Å². The lowest BCUT2D eigenvalue weighted by Gasteiger charge is -2.24. The van der Waals surface area contributed by atoms with Gasteiger partial charge in [0.2, 0.25) is 5.91 Å². The zero-order valence-corrected chi connectivity index (χ0v) is 18.3. The van der Waals surface area contributed by atoms with Gasteiger partial charge in [-0.15, -0.1) is 16.7 Å². The Morgan fingerprint density at radius 3 is 2.03 bits per heavy atom. The molecule has 0 aliphatic heterocycles. The molecule has 32 heavy (non-hydrogen) atoms. The molecule has 0 saturated heterocycles. The van der Waals surface area contributed by atoms with Crippen LogP contribution in [0.3, 0.4) is 0 Å². The number of alkyl halides is 1. The minimum Gasteiger partial charge on any atom is -0.462 e. The third-order valence-electron chi connectivity index (χ3n) is 4.08. The van der Waals surface area contributed by atoms with Gasteiger partial charge in [-0.2, -0.15) is 5.11 Å². The number of amides is 1. The van der Waals surface area contributed by atoms with E-state index in [0.717, 1.165) is 0 Å². The van der Waals surface area contributed by atoms with Crippen LogP contribution in [0.5, 0.6) is 0 Å². The summed E-state index contributed by atoms with van der Waals surface area (Å²) in [5.41, 5.74) is -1.97. The summed E-state index contributed by atoms with van der Waals surface area (Å²) < 4.78 is 9.87. The number of halogens is 1. The van der Waals surface area contributed by atoms with E-state index in [1.807, 2.05) is 0 Å². The topological polar surface area (TPSA) is 123 Å². The fraction of sp³-hybridized carbons (Fsp3) is 0.273. The molecule has 1 N–H and O–H groups in total. The Morgan fingerprint density at radius 1 is 0.906 bits per heavy atom. The van der Waals surface area contributed by atoms with E-state index in [2.05, 4.69) is 15.5 Å². The molecule has 2 aromatic rings. The van der Waals surface area contributed by atoms with Gasteiger partial charge >= 0.3 is 17.6 Å². The summed E-state index contributed by atoms with van der Waals surface area (Å²) in [7, 11) is 0. The third-order valence-corrected chi connectivity index (χ3v) is 4.32. The van der Waals surface area contributed by atoms with E-state index >= 15 is 0 Å². The van der Waals surface area contributed by atoms with E-state index in [1.165, 1.54) is 26.0 Å². The van der Waals surface area contributed by atoms with Gasteiger partial charge in [-0.1, -0.05) is 42.5 Å². The molecule has 1 amide bonds. The highest BCUT2D eigenvalue weighted by Gasteiger charge is 2.52. The van der Waals surface area contributed by atoms with Crippen LogP contribution in [-0.2, 0) is 23.9 Å². The van der Waals surface area contributed by atoms with Crippen molar-refractivity contribution in [2.24, 2.45) is 10.2 Å². The number of ketones is 1. The second kappa shape index (κ2) is 11.7. The zero-order chi connectivity index (χ0) is 23.6. The first-order valence-corrected chi connectivity index (χ1v) is 10.3. The molecule has 0 bridgehead atoms. The van der Waals surface area contributed by atoms with Gasteiger partial charge in [0.05, 0.1) is 24.5 Å². The van der Waals surface area contributed by atoms with Crippen molar-refractivity contribution in [3.63, 3.8) is 0 Å². The Bertz CT molecular complexity index is 992. The monoisotopic (exact) mass is 459 g/mol. The van der Waals surface area contributed by atoms with Crippen molar-refractivity contribution in [1.82, 2.24) is 5.32 Å². The number of nitrogens with one attached hydrogen (secondary N) is 1. The first-order valence-electron chi connectivity index (χ1n) is 9.72. The Labute approximate surface area is 189 Å². The first-order chi connectivity index (χ1) is 15.4. The molecule has 0 aliphatic carbocycles. The molecule has 9 nitrogen and oxygen atoms in total. The molecule has 10 heteroatoms. The number of carbonyl (C=O) groups is 4. The van der Waals surface area contributed by atoms with Crippen molar-refractivity contribution in [3.05, 3.63) is 65.7 Å². The third kappa shape index (κ3) is 5.76. The summed E-state index contributed by atoms with van der Waals surface area (Å²) in [6.07, 6.45) is 0. The van der Waals surface area contributed by atoms with Gasteiger partial charge in [-0.05, 0) is 26.0 Å². The Morgan fingerprint density at radius 2 is 1.47 bits per heavy atom. The van der Waals surface area contributed by atoms with E-state index in [9.17, 15) is 19.2 Å². The molecule has 0 saturated carbocycles. The highest BCUT2D eigenvalue weighted by Crippen LogP contribution is 2.25. The molecule has 2 rings (SSSR count). The normalized spacial score (nSPS) is 11.1. The van der Waals surface area contributed by atoms with Crippen LogP contribution in [0.25, 0.3) is 0 Å². The summed E-state index contributed by atoms with van der Waals surface area (Å²) in [6, 6.07) is 14.7. The van der Waals surface area contributed by atoms with Crippen LogP contribution in [-0.4, -0.2) is 48.4 Å². The molecule has 0 aromatic heterocycles. The number of rotatable bonds is 10. The van der Waals surface area contributed by atoms with Crippen LogP contribution >= 0.6 is 11.6 Å². The Balaban J connectivity index is 2.57. The lowest BCUT2D eigenvalue weighted by molar-refractivity contribution is -0.167. The molecule has 0 atom stereocenters. The smallest absolute Gasteiger partial charge is 0.369 e. The van der Waals surface area contributed by atoms with E-state index in [-0.39, 0.29) is 30.2 Å². The van der Waals surface area contributed by atoms with Gasteiger partial charge in [0.15, 0.2) is 5.78 Å². The number of ether oxygens (including phenoxy) is 2. The van der Waals surface area contributed by atoms with Crippen molar-refractivity contribution in [1.29, 1.82) is 0 Å². The highest BCUT2D eigenvalue weighted by atomic mass is 35.5. The zero-order valence-electron chi connectivity index (χ0n) is 17.5. The van der Waals surface area contributed by atoms with E-state index in [4.69, 9.17) is 21.1 Å². The van der Waals surface area contributed by atoms with Gasteiger partial charge < -0.3 is 14.8 Å². The van der Waals surface area contributed by atoms with Crippen molar-refractivity contribution in [2.45, 2.75) is 19.5 Å². The maximum atomic E-state index is 12.9. The SMILES string of the molecule is CCOC(=O)C(N=Nc1ccccc1C(=O)c1ccccc1)(NC(=O)CCl)C(=O)OCC. The van der Waals surface area contributed by atoms with Crippen LogP contribution in [0.2, 0.25) is 0 Å². The molecule has 0 unspecified atom stereocenters. The highest BCUT2D eigenvalue weighted by molar-refractivity contribution is 6.28. The minimum atomic E-state index is -2.62. The number of hydrogen-bond donors (Lipinski definition) is 1. The summed E-state index contributed by atoms with van der Waals surface area (Å²) >= 11 is 5.54. The van der Waals surface area contributed by atoms with Crippen molar-refractivity contribution >= 4 is 40.9 Å². The van der Waals surface area contributed by atoms with Crippen molar-refractivity contribution in [2.75, 3.05) is 19.1 Å². The minimum absolute atomic E-state index is 0.0689. The van der Waals surface area contributed by atoms with Crippen LogP contribution in [0.15, 0.2) is 64.8 Å². The number of benzene rings is 2. The summed E-state index contributed by atoms with van der Waals surface area (Å²) in [6.45, 7) is 2.83. The average Bonchev–Trinajstić information content (AvgIpc) is 2.82. The lowest BCUT2D eigenvalue weighted by Crippen LogP contribution is -2.60. The summed E-state index contributed by atoms with van der Waals surface area (Å²) in [5.74, 6) is -4.18.